The molecule has 0 aromatic carbocycles. The lowest BCUT2D eigenvalue weighted by molar-refractivity contribution is 0.592. The van der Waals surface area contributed by atoms with Crippen molar-refractivity contribution >= 4 is 11.6 Å². The number of nitrogen functional groups attached to an aromatic ring is 1. The van der Waals surface area contributed by atoms with E-state index in [0.29, 0.717) is 17.7 Å². The van der Waals surface area contributed by atoms with E-state index >= 15 is 0 Å². The Bertz CT molecular complexity index is 375. The van der Waals surface area contributed by atoms with E-state index in [9.17, 15) is 0 Å². The smallest absolute Gasteiger partial charge is 0.145 e. The van der Waals surface area contributed by atoms with E-state index < -0.39 is 0 Å². The molecule has 1 fully saturated rings. The lowest BCUT2D eigenvalue weighted by Gasteiger charge is -2.12. The summed E-state index contributed by atoms with van der Waals surface area (Å²) >= 11 is 0. The number of nitrogens with one attached hydrogen (secondary N) is 2. The minimum Gasteiger partial charge on any atom is -0.370 e. The minimum absolute atomic E-state index is 0.535. The van der Waals surface area contributed by atoms with E-state index in [0.717, 1.165) is 24.6 Å². The molecule has 1 atom stereocenters. The summed E-state index contributed by atoms with van der Waals surface area (Å²) in [6.07, 6.45) is 3.55. The fraction of sp³-hybridized carbons (Fsp3) is 0.667. The van der Waals surface area contributed by atoms with Crippen LogP contribution >= 0.6 is 0 Å². The van der Waals surface area contributed by atoms with Crippen LogP contribution in [0, 0.1) is 5.92 Å². The molecular weight excluding hydrogens is 214 g/mol. The van der Waals surface area contributed by atoms with Gasteiger partial charge in [0.25, 0.3) is 0 Å². The van der Waals surface area contributed by atoms with Gasteiger partial charge in [0, 0.05) is 18.5 Å². The average molecular weight is 235 g/mol. The summed E-state index contributed by atoms with van der Waals surface area (Å²) in [6, 6.07) is 1.86. The second kappa shape index (κ2) is 5.31. The van der Waals surface area contributed by atoms with Gasteiger partial charge in [0.1, 0.15) is 17.5 Å². The zero-order chi connectivity index (χ0) is 12.3. The van der Waals surface area contributed by atoms with Gasteiger partial charge in [0.2, 0.25) is 0 Å². The number of nitrogens with zero attached hydrogens (tertiary/aromatic N) is 2. The number of nitrogens with two attached hydrogens (primary N) is 1. The molecular formula is C12H21N5. The van der Waals surface area contributed by atoms with Gasteiger partial charge in [-0.3, -0.25) is 0 Å². The van der Waals surface area contributed by atoms with Gasteiger partial charge in [-0.2, -0.15) is 0 Å². The standard InChI is InChI=1S/C12H21N5/c1-3-8(2)7-14-10-6-11(17-13)16-12(15-10)9-4-5-9/h6,8-9H,3-5,7,13H2,1-2H3,(H2,14,15,16,17). The van der Waals surface area contributed by atoms with Crippen LogP contribution in [-0.2, 0) is 0 Å². The number of aromatic nitrogens is 2. The summed E-state index contributed by atoms with van der Waals surface area (Å²) < 4.78 is 0. The molecule has 17 heavy (non-hydrogen) atoms. The highest BCUT2D eigenvalue weighted by molar-refractivity contribution is 5.47. The van der Waals surface area contributed by atoms with E-state index in [1.165, 1.54) is 12.8 Å². The molecule has 0 amide bonds. The van der Waals surface area contributed by atoms with E-state index in [1.807, 2.05) is 6.07 Å². The number of hydrogen-bond donors (Lipinski definition) is 3. The first kappa shape index (κ1) is 12.1. The zero-order valence-electron chi connectivity index (χ0n) is 10.5. The maximum atomic E-state index is 5.42. The van der Waals surface area contributed by atoms with E-state index in [-0.39, 0.29) is 0 Å². The van der Waals surface area contributed by atoms with Gasteiger partial charge in [0.15, 0.2) is 0 Å². The molecule has 0 spiro atoms. The number of hydrogen-bond acceptors (Lipinski definition) is 5. The van der Waals surface area contributed by atoms with Crippen molar-refractivity contribution in [1.82, 2.24) is 9.97 Å². The van der Waals surface area contributed by atoms with Gasteiger partial charge < -0.3 is 10.7 Å². The third-order valence-corrected chi connectivity index (χ3v) is 3.16. The van der Waals surface area contributed by atoms with Crippen molar-refractivity contribution in [1.29, 1.82) is 0 Å². The topological polar surface area (TPSA) is 75.9 Å². The summed E-state index contributed by atoms with van der Waals surface area (Å²) in [7, 11) is 0. The van der Waals surface area contributed by atoms with Crippen LogP contribution in [0.1, 0.15) is 44.9 Å². The Morgan fingerprint density at radius 2 is 2.12 bits per heavy atom. The molecule has 0 bridgehead atoms. The Morgan fingerprint density at radius 1 is 1.41 bits per heavy atom. The number of anilines is 2. The Kier molecular flexibility index (Phi) is 3.78. The van der Waals surface area contributed by atoms with Gasteiger partial charge in [-0.25, -0.2) is 15.8 Å². The highest BCUT2D eigenvalue weighted by Crippen LogP contribution is 2.38. The number of rotatable bonds is 6. The maximum Gasteiger partial charge on any atom is 0.145 e. The molecule has 1 aliphatic rings. The van der Waals surface area contributed by atoms with E-state index in [4.69, 9.17) is 5.84 Å². The fourth-order valence-electron chi connectivity index (χ4n) is 1.58. The van der Waals surface area contributed by atoms with Crippen molar-refractivity contribution in [3.05, 3.63) is 11.9 Å². The van der Waals surface area contributed by atoms with Crippen LogP contribution in [0.15, 0.2) is 6.07 Å². The Balaban J connectivity index is 2.06. The molecule has 0 saturated heterocycles. The highest BCUT2D eigenvalue weighted by atomic mass is 15.3. The first-order valence-electron chi connectivity index (χ1n) is 6.32. The first-order chi connectivity index (χ1) is 8.22. The van der Waals surface area contributed by atoms with Gasteiger partial charge in [-0.15, -0.1) is 0 Å². The van der Waals surface area contributed by atoms with Crippen molar-refractivity contribution in [2.75, 3.05) is 17.3 Å². The molecule has 1 heterocycles. The lowest BCUT2D eigenvalue weighted by Crippen LogP contribution is -2.15. The molecule has 5 heteroatoms. The summed E-state index contributed by atoms with van der Waals surface area (Å²) in [4.78, 5) is 8.91. The van der Waals surface area contributed by atoms with Crippen LogP contribution in [0.5, 0.6) is 0 Å². The quantitative estimate of drug-likeness (QED) is 0.520. The largest absolute Gasteiger partial charge is 0.370 e. The molecule has 1 unspecified atom stereocenters. The Morgan fingerprint density at radius 3 is 2.71 bits per heavy atom. The summed E-state index contributed by atoms with van der Waals surface area (Å²) in [5.41, 5.74) is 2.60. The molecule has 0 aliphatic heterocycles. The number of hydrazine groups is 1. The Labute approximate surface area is 102 Å². The summed E-state index contributed by atoms with van der Waals surface area (Å²) in [5, 5.41) is 3.35. The Hall–Kier alpha value is -1.36. The predicted molar refractivity (Wildman–Crippen MR) is 69.8 cm³/mol. The van der Waals surface area contributed by atoms with Gasteiger partial charge in [-0.1, -0.05) is 20.3 Å². The average Bonchev–Trinajstić information content (AvgIpc) is 3.19. The molecule has 1 saturated carbocycles. The molecule has 5 nitrogen and oxygen atoms in total. The second-order valence-corrected chi connectivity index (χ2v) is 4.81. The fourth-order valence-corrected chi connectivity index (χ4v) is 1.58. The molecule has 1 aliphatic carbocycles. The van der Waals surface area contributed by atoms with Crippen LogP contribution in [0.3, 0.4) is 0 Å². The highest BCUT2D eigenvalue weighted by Gasteiger charge is 2.27. The molecule has 1 aromatic heterocycles. The van der Waals surface area contributed by atoms with Gasteiger partial charge in [0.05, 0.1) is 0 Å². The van der Waals surface area contributed by atoms with Crippen molar-refractivity contribution in [3.8, 4) is 0 Å². The normalized spacial score (nSPS) is 16.6. The van der Waals surface area contributed by atoms with Crippen molar-refractivity contribution in [2.24, 2.45) is 11.8 Å². The summed E-state index contributed by atoms with van der Waals surface area (Å²) in [6.45, 7) is 5.34. The molecule has 1 aromatic rings. The van der Waals surface area contributed by atoms with E-state index in [2.05, 4.69) is 34.6 Å². The third-order valence-electron chi connectivity index (χ3n) is 3.16. The first-order valence-corrected chi connectivity index (χ1v) is 6.32. The van der Waals surface area contributed by atoms with E-state index in [1.54, 1.807) is 0 Å². The van der Waals surface area contributed by atoms with Gasteiger partial charge >= 0.3 is 0 Å². The summed E-state index contributed by atoms with van der Waals surface area (Å²) in [5.74, 6) is 9.07. The van der Waals surface area contributed by atoms with Crippen LogP contribution in [-0.4, -0.2) is 16.5 Å². The van der Waals surface area contributed by atoms with Crippen LogP contribution in [0.25, 0.3) is 0 Å². The monoisotopic (exact) mass is 235 g/mol. The second-order valence-electron chi connectivity index (χ2n) is 4.81. The van der Waals surface area contributed by atoms with Crippen LogP contribution in [0.2, 0.25) is 0 Å². The molecule has 0 radical (unpaired) electrons. The predicted octanol–water partition coefficient (Wildman–Crippen LogP) is 2.10. The van der Waals surface area contributed by atoms with Crippen molar-refractivity contribution in [3.63, 3.8) is 0 Å². The maximum absolute atomic E-state index is 5.42. The van der Waals surface area contributed by atoms with Crippen LogP contribution < -0.4 is 16.6 Å². The molecule has 94 valence electrons. The molecule has 2 rings (SSSR count). The SMILES string of the molecule is CCC(C)CNc1cc(NN)nc(C2CC2)n1. The minimum atomic E-state index is 0.535. The third kappa shape index (κ3) is 3.30. The van der Waals surface area contributed by atoms with Crippen molar-refractivity contribution < 1.29 is 0 Å². The van der Waals surface area contributed by atoms with Crippen LogP contribution in [0.4, 0.5) is 11.6 Å². The molecule has 4 N–H and O–H groups in total. The lowest BCUT2D eigenvalue weighted by atomic mass is 10.1. The zero-order valence-corrected chi connectivity index (χ0v) is 10.5. The van der Waals surface area contributed by atoms with Gasteiger partial charge in [-0.05, 0) is 18.8 Å². The van der Waals surface area contributed by atoms with Crippen molar-refractivity contribution in [2.45, 2.75) is 39.0 Å².